The van der Waals surface area contributed by atoms with E-state index in [0.29, 0.717) is 30.8 Å². The topological polar surface area (TPSA) is 91.3 Å². The fourth-order valence-electron chi connectivity index (χ4n) is 8.29. The van der Waals surface area contributed by atoms with E-state index in [1.807, 2.05) is 7.11 Å². The average Bonchev–Trinajstić information content (AvgIpc) is 3.06. The van der Waals surface area contributed by atoms with Gasteiger partial charge in [-0.2, -0.15) is 0 Å². The van der Waals surface area contributed by atoms with Crippen molar-refractivity contribution in [2.45, 2.75) is 87.4 Å². The van der Waals surface area contributed by atoms with Gasteiger partial charge in [-0.3, -0.25) is 4.79 Å². The Balaban J connectivity index is 1.49. The van der Waals surface area contributed by atoms with Crippen LogP contribution in [0.2, 0.25) is 0 Å². The Morgan fingerprint density at radius 3 is 2.90 bits per heavy atom. The predicted molar refractivity (Wildman–Crippen MR) is 107 cm³/mol. The second-order valence-electron chi connectivity index (χ2n) is 10.2. The maximum absolute atomic E-state index is 10.9. The number of hydrogen-bond donors (Lipinski definition) is 3. The van der Waals surface area contributed by atoms with E-state index in [1.165, 1.54) is 0 Å². The minimum atomic E-state index is -0.744. The lowest BCUT2D eigenvalue weighted by Gasteiger charge is -2.69. The number of nitrogens with zero attached hydrogens (tertiary/aromatic N) is 1. The Hall–Kier alpha value is -0.730. The molecule has 2 aliphatic heterocycles. The molecule has 0 amide bonds. The van der Waals surface area contributed by atoms with Crippen LogP contribution >= 0.6 is 0 Å². The molecule has 5 unspecified atom stereocenters. The van der Waals surface area contributed by atoms with Gasteiger partial charge in [0.05, 0.1) is 23.9 Å². The zero-order valence-electron chi connectivity index (χ0n) is 17.7. The van der Waals surface area contributed by atoms with E-state index in [2.05, 4.69) is 17.3 Å². The number of ether oxygens (including phenoxy) is 2. The molecule has 7 nitrogen and oxygen atoms in total. The molecular formula is C22H36N2O5. The molecule has 5 fully saturated rings. The molecule has 29 heavy (non-hydrogen) atoms. The van der Waals surface area contributed by atoms with Gasteiger partial charge in [0.25, 0.3) is 0 Å². The van der Waals surface area contributed by atoms with Gasteiger partial charge >= 0.3 is 5.97 Å². The van der Waals surface area contributed by atoms with Crippen molar-refractivity contribution in [3.63, 3.8) is 0 Å². The van der Waals surface area contributed by atoms with Crippen LogP contribution in [0.25, 0.3) is 0 Å². The third-order valence-electron chi connectivity index (χ3n) is 9.27. The molecule has 3 saturated carbocycles. The lowest BCUT2D eigenvalue weighted by atomic mass is 9.42. The number of piperidine rings is 1. The molecule has 0 radical (unpaired) electrons. The van der Waals surface area contributed by atoms with Gasteiger partial charge < -0.3 is 29.9 Å². The second-order valence-corrected chi connectivity index (χ2v) is 10.2. The number of likely N-dealkylation sites (tertiary alicyclic amines) is 1. The number of carboxylic acid groups (broad SMARTS) is 1. The number of rotatable bonds is 6. The summed E-state index contributed by atoms with van der Waals surface area (Å²) in [5.41, 5.74) is -0.270. The lowest BCUT2D eigenvalue weighted by molar-refractivity contribution is -0.269. The summed E-state index contributed by atoms with van der Waals surface area (Å²) in [6.07, 6.45) is 6.48. The van der Waals surface area contributed by atoms with Crippen LogP contribution in [0.5, 0.6) is 0 Å². The number of nitrogens with one attached hydrogen (secondary N) is 1. The standard InChI is InChI=1S/C22H36N2O5/c1-24-11-9-21-18-13-5-6-15(25)19(18)29-20(21)14(23-10-3-4-17(26)27)7-8-22(21,28-2)16(24)12-13/h13-16,18-20,23,25H,3-12H2,1-2H3,(H,26,27)/t13?,14-,15?,16?,18?,19?,20+,21+,22-/m1/s1. The van der Waals surface area contributed by atoms with Crippen LogP contribution in [-0.2, 0) is 14.3 Å². The zero-order chi connectivity index (χ0) is 20.4. The van der Waals surface area contributed by atoms with Crippen LogP contribution in [0, 0.1) is 17.3 Å². The fourth-order valence-corrected chi connectivity index (χ4v) is 8.29. The summed E-state index contributed by atoms with van der Waals surface area (Å²) in [6, 6.07) is 0.614. The van der Waals surface area contributed by atoms with Crippen molar-refractivity contribution in [1.29, 1.82) is 0 Å². The first-order valence-electron chi connectivity index (χ1n) is 11.5. The van der Waals surface area contributed by atoms with Crippen molar-refractivity contribution in [3.8, 4) is 0 Å². The van der Waals surface area contributed by atoms with E-state index in [0.717, 1.165) is 45.1 Å². The van der Waals surface area contributed by atoms with Gasteiger partial charge in [-0.15, -0.1) is 0 Å². The maximum Gasteiger partial charge on any atom is 0.303 e. The first-order valence-corrected chi connectivity index (χ1v) is 11.5. The summed E-state index contributed by atoms with van der Waals surface area (Å²) in [6.45, 7) is 1.74. The summed E-state index contributed by atoms with van der Waals surface area (Å²) < 4.78 is 13.3. The molecule has 2 saturated heterocycles. The highest BCUT2D eigenvalue weighted by atomic mass is 16.5. The highest BCUT2D eigenvalue weighted by molar-refractivity contribution is 5.66. The Labute approximate surface area is 173 Å². The minimum absolute atomic E-state index is 0.0304. The van der Waals surface area contributed by atoms with Crippen molar-refractivity contribution < 1.29 is 24.5 Å². The molecular weight excluding hydrogens is 372 g/mol. The van der Waals surface area contributed by atoms with Crippen molar-refractivity contribution >= 4 is 5.97 Å². The van der Waals surface area contributed by atoms with Crippen LogP contribution in [0.3, 0.4) is 0 Å². The van der Waals surface area contributed by atoms with Crippen LogP contribution in [0.1, 0.15) is 51.4 Å². The normalized spacial score (nSPS) is 50.9. The first-order chi connectivity index (χ1) is 13.9. The zero-order valence-corrected chi connectivity index (χ0v) is 17.7. The molecule has 0 aromatic rings. The SMILES string of the molecule is CO[C@]12CC[C@@H](NCCCC(=O)O)[C@@H]3OC4C(O)CCC5CC1N(C)CC[C@]32C54. The van der Waals surface area contributed by atoms with Crippen LogP contribution < -0.4 is 5.32 Å². The molecule has 0 aromatic carbocycles. The molecule has 3 aliphatic carbocycles. The van der Waals surface area contributed by atoms with Gasteiger partial charge in [0, 0.05) is 36.9 Å². The summed E-state index contributed by atoms with van der Waals surface area (Å²) in [5.74, 6) is 0.215. The number of aliphatic carboxylic acids is 1. The molecule has 5 aliphatic rings. The van der Waals surface area contributed by atoms with Crippen LogP contribution in [0.4, 0.5) is 0 Å². The summed E-state index contributed by atoms with van der Waals surface area (Å²) >= 11 is 0. The fraction of sp³-hybridized carbons (Fsp3) is 0.955. The third-order valence-corrected chi connectivity index (χ3v) is 9.27. The minimum Gasteiger partial charge on any atom is -0.481 e. The number of methoxy groups -OCH3 is 1. The number of aliphatic hydroxyl groups is 1. The van der Waals surface area contributed by atoms with E-state index < -0.39 is 5.97 Å². The van der Waals surface area contributed by atoms with E-state index >= 15 is 0 Å². The van der Waals surface area contributed by atoms with Gasteiger partial charge in [-0.05, 0) is 71.0 Å². The van der Waals surface area contributed by atoms with Crippen molar-refractivity contribution in [2.75, 3.05) is 27.2 Å². The third kappa shape index (κ3) is 2.64. The number of carbonyl (C=O) groups is 1. The number of hydrogen-bond acceptors (Lipinski definition) is 6. The highest BCUT2D eigenvalue weighted by Gasteiger charge is 2.77. The number of aliphatic hydroxyl groups excluding tert-OH is 1. The van der Waals surface area contributed by atoms with Gasteiger partial charge in [0.2, 0.25) is 0 Å². The quantitative estimate of drug-likeness (QED) is 0.570. The van der Waals surface area contributed by atoms with Gasteiger partial charge in [-0.25, -0.2) is 0 Å². The molecule has 0 aromatic heterocycles. The van der Waals surface area contributed by atoms with Crippen LogP contribution in [-0.4, -0.2) is 84.3 Å². The monoisotopic (exact) mass is 408 g/mol. The Morgan fingerprint density at radius 2 is 2.14 bits per heavy atom. The molecule has 164 valence electrons. The predicted octanol–water partition coefficient (Wildman–Crippen LogP) is 1.24. The number of carboxylic acids is 1. The van der Waals surface area contributed by atoms with Gasteiger partial charge in [-0.1, -0.05) is 0 Å². The average molecular weight is 409 g/mol. The Bertz CT molecular complexity index is 661. The molecule has 1 spiro atoms. The molecule has 9 atom stereocenters. The Kier molecular flexibility index (Phi) is 4.98. The second kappa shape index (κ2) is 7.16. The summed E-state index contributed by atoms with van der Waals surface area (Å²) in [5, 5.41) is 23.4. The van der Waals surface area contributed by atoms with Crippen molar-refractivity contribution in [2.24, 2.45) is 17.3 Å². The van der Waals surface area contributed by atoms with Crippen LogP contribution in [0.15, 0.2) is 0 Å². The first kappa shape index (κ1) is 20.2. The van der Waals surface area contributed by atoms with Gasteiger partial charge in [0.1, 0.15) is 0 Å². The summed E-state index contributed by atoms with van der Waals surface area (Å²) in [7, 11) is 4.13. The van der Waals surface area contributed by atoms with E-state index in [4.69, 9.17) is 14.6 Å². The Morgan fingerprint density at radius 1 is 1.31 bits per heavy atom. The maximum atomic E-state index is 10.9. The highest BCUT2D eigenvalue weighted by Crippen LogP contribution is 2.70. The van der Waals surface area contributed by atoms with E-state index in [-0.39, 0.29) is 41.8 Å². The smallest absolute Gasteiger partial charge is 0.303 e. The molecule has 2 heterocycles. The largest absolute Gasteiger partial charge is 0.481 e. The summed E-state index contributed by atoms with van der Waals surface area (Å²) in [4.78, 5) is 13.4. The van der Waals surface area contributed by atoms with Crippen molar-refractivity contribution in [1.82, 2.24) is 10.2 Å². The van der Waals surface area contributed by atoms with Crippen molar-refractivity contribution in [3.05, 3.63) is 0 Å². The van der Waals surface area contributed by atoms with E-state index in [1.54, 1.807) is 0 Å². The number of likely N-dealkylation sites (N-methyl/N-ethyl adjacent to an activating group) is 1. The van der Waals surface area contributed by atoms with Gasteiger partial charge in [0.15, 0.2) is 0 Å². The molecule has 2 bridgehead atoms. The molecule has 3 N–H and O–H groups in total. The van der Waals surface area contributed by atoms with E-state index in [9.17, 15) is 9.90 Å². The molecule has 7 heteroatoms. The lowest BCUT2D eigenvalue weighted by Crippen LogP contribution is -2.78. The molecule has 5 rings (SSSR count).